The largest absolute Gasteiger partial charge is 0.479 e. The lowest BCUT2D eigenvalue weighted by Gasteiger charge is -2.31. The van der Waals surface area contributed by atoms with Gasteiger partial charge >= 0.3 is 5.97 Å². The Morgan fingerprint density at radius 1 is 1.27 bits per heavy atom. The highest BCUT2D eigenvalue weighted by molar-refractivity contribution is 6.33. The Balaban J connectivity index is 1.31. The summed E-state index contributed by atoms with van der Waals surface area (Å²) in [6, 6.07) is 10.9. The summed E-state index contributed by atoms with van der Waals surface area (Å²) in [5, 5.41) is 26.2. The fourth-order valence-corrected chi connectivity index (χ4v) is 5.66. The van der Waals surface area contributed by atoms with E-state index >= 15 is 0 Å². The molecule has 2 atom stereocenters. The number of rotatable bonds is 12. The molecular weight excluding hydrogens is 530 g/mol. The van der Waals surface area contributed by atoms with Crippen LogP contribution in [0.5, 0.6) is 0 Å². The zero-order chi connectivity index (χ0) is 28.5. The van der Waals surface area contributed by atoms with E-state index in [1.807, 2.05) is 25.1 Å². The Morgan fingerprint density at radius 2 is 2.02 bits per heavy atom. The van der Waals surface area contributed by atoms with Gasteiger partial charge in [0.25, 0.3) is 0 Å². The fourth-order valence-electron chi connectivity index (χ4n) is 5.46. The molecule has 4 rings (SSSR count). The number of carboxylic acids is 1. The van der Waals surface area contributed by atoms with Gasteiger partial charge in [-0.15, -0.1) is 0 Å². The van der Waals surface area contributed by atoms with Crippen LogP contribution >= 0.6 is 11.6 Å². The van der Waals surface area contributed by atoms with Crippen molar-refractivity contribution < 1.29 is 19.4 Å². The van der Waals surface area contributed by atoms with Crippen LogP contribution in [-0.2, 0) is 20.7 Å². The molecule has 10 heteroatoms. The second kappa shape index (κ2) is 14.2. The summed E-state index contributed by atoms with van der Waals surface area (Å²) in [5.41, 5.74) is 2.21. The number of pyridine rings is 2. The highest BCUT2D eigenvalue weighted by atomic mass is 35.5. The summed E-state index contributed by atoms with van der Waals surface area (Å²) in [6.45, 7) is 5.72. The van der Waals surface area contributed by atoms with Crippen molar-refractivity contribution in [2.24, 2.45) is 11.3 Å². The number of carboxylic acid groups (broad SMARTS) is 1. The number of halogens is 1. The molecule has 0 amide bonds. The highest BCUT2D eigenvalue weighted by Gasteiger charge is 2.32. The molecule has 40 heavy (non-hydrogen) atoms. The van der Waals surface area contributed by atoms with Gasteiger partial charge in [0, 0.05) is 49.3 Å². The molecule has 9 nitrogen and oxygen atoms in total. The predicted octanol–water partition coefficient (Wildman–Crippen LogP) is 5.10. The van der Waals surface area contributed by atoms with Crippen molar-refractivity contribution >= 4 is 23.4 Å². The van der Waals surface area contributed by atoms with Gasteiger partial charge in [0.1, 0.15) is 5.82 Å². The van der Waals surface area contributed by atoms with Crippen LogP contribution in [0.3, 0.4) is 0 Å². The van der Waals surface area contributed by atoms with Gasteiger partial charge in [-0.3, -0.25) is 4.98 Å². The van der Waals surface area contributed by atoms with E-state index in [1.54, 1.807) is 13.1 Å². The number of ether oxygens (including phenoxy) is 2. The van der Waals surface area contributed by atoms with Gasteiger partial charge in [-0.05, 0) is 82.9 Å². The molecule has 0 spiro atoms. The number of nitriles is 1. The fraction of sp³-hybridized carbons (Fsp3) is 0.600. The van der Waals surface area contributed by atoms with Gasteiger partial charge in [0.15, 0.2) is 6.10 Å². The Hall–Kier alpha value is -2.77. The van der Waals surface area contributed by atoms with Gasteiger partial charge < -0.3 is 25.2 Å². The van der Waals surface area contributed by atoms with Gasteiger partial charge in [-0.25, -0.2) is 9.78 Å². The minimum absolute atomic E-state index is 0.101. The van der Waals surface area contributed by atoms with Crippen LogP contribution in [0, 0.1) is 22.7 Å². The van der Waals surface area contributed by atoms with Crippen LogP contribution in [0.15, 0.2) is 30.5 Å². The van der Waals surface area contributed by atoms with Crippen LogP contribution in [0.4, 0.5) is 5.82 Å². The number of hydrogen-bond donors (Lipinski definition) is 3. The third-order valence-electron chi connectivity index (χ3n) is 8.04. The van der Waals surface area contributed by atoms with E-state index in [1.165, 1.54) is 0 Å². The minimum atomic E-state index is -0.939. The lowest BCUT2D eigenvalue weighted by Crippen LogP contribution is -2.42. The first-order valence-electron chi connectivity index (χ1n) is 14.2. The Labute approximate surface area is 241 Å². The van der Waals surface area contributed by atoms with E-state index in [2.05, 4.69) is 27.8 Å². The first-order chi connectivity index (χ1) is 19.3. The predicted molar refractivity (Wildman–Crippen MR) is 154 cm³/mol. The number of nitrogens with one attached hydrogen (secondary N) is 2. The maximum atomic E-state index is 10.9. The molecule has 216 valence electrons. The molecule has 2 aromatic heterocycles. The van der Waals surface area contributed by atoms with Crippen molar-refractivity contribution in [1.29, 1.82) is 5.26 Å². The average molecular weight is 570 g/mol. The Kier molecular flexibility index (Phi) is 10.7. The molecule has 0 aromatic carbocycles. The molecule has 3 N–H and O–H groups in total. The SMILES string of the molecule is C[C@H](OC[C@H](C)NC1CCC(Cc2cc(-c3cccc(NCC4(C#N)CCOCC4)n3)c(Cl)cn2)CC1)C(=O)O. The number of hydrogen-bond acceptors (Lipinski definition) is 8. The van der Waals surface area contributed by atoms with Gasteiger partial charge in [-0.2, -0.15) is 5.26 Å². The first-order valence-corrected chi connectivity index (χ1v) is 14.6. The first kappa shape index (κ1) is 30.2. The summed E-state index contributed by atoms with van der Waals surface area (Å²) in [6.07, 6.45) is 7.56. The number of nitrogens with zero attached hydrogens (tertiary/aromatic N) is 3. The molecule has 2 aromatic rings. The lowest BCUT2D eigenvalue weighted by molar-refractivity contribution is -0.149. The summed E-state index contributed by atoms with van der Waals surface area (Å²) >= 11 is 6.57. The van der Waals surface area contributed by atoms with Crippen molar-refractivity contribution in [2.45, 2.75) is 77.0 Å². The van der Waals surface area contributed by atoms with E-state index in [4.69, 9.17) is 31.2 Å². The number of aliphatic carboxylic acids is 1. The maximum absolute atomic E-state index is 10.9. The molecule has 1 aliphatic heterocycles. The summed E-state index contributed by atoms with van der Waals surface area (Å²) in [4.78, 5) is 20.4. The van der Waals surface area contributed by atoms with E-state index in [-0.39, 0.29) is 6.04 Å². The molecule has 0 radical (unpaired) electrons. The molecule has 1 aliphatic carbocycles. The van der Waals surface area contributed by atoms with Gasteiger partial charge in [0.05, 0.1) is 28.8 Å². The third-order valence-corrected chi connectivity index (χ3v) is 8.34. The molecule has 0 unspecified atom stereocenters. The highest BCUT2D eigenvalue weighted by Crippen LogP contribution is 2.32. The standard InChI is InChI=1S/C30H40ClN5O4/c1-20(17-40-21(2)29(37)38)35-23-8-6-22(7-9-23)14-24-15-25(26(31)16-33-24)27-4-3-5-28(36-27)34-19-30(18-32)10-12-39-13-11-30/h3-5,15-16,20-23,35H,6-14,17,19H2,1-2H3,(H,34,36)(H,37,38)/t20-,21-,22?,23?/m0/s1. The molecule has 1 saturated heterocycles. The normalized spacial score (nSPS) is 22.1. The molecule has 3 heterocycles. The summed E-state index contributed by atoms with van der Waals surface area (Å²) in [5.74, 6) is 0.322. The van der Waals surface area contributed by atoms with Crippen LogP contribution in [0.1, 0.15) is 58.1 Å². The van der Waals surface area contributed by atoms with Gasteiger partial charge in [0.2, 0.25) is 0 Å². The molecule has 0 bridgehead atoms. The third kappa shape index (κ3) is 8.37. The monoisotopic (exact) mass is 569 g/mol. The van der Waals surface area contributed by atoms with Crippen LogP contribution < -0.4 is 10.6 Å². The van der Waals surface area contributed by atoms with Crippen molar-refractivity contribution in [3.05, 3.63) is 41.2 Å². The Morgan fingerprint density at radius 3 is 2.73 bits per heavy atom. The topological polar surface area (TPSA) is 129 Å². The zero-order valence-corrected chi connectivity index (χ0v) is 24.1. The van der Waals surface area contributed by atoms with Crippen molar-refractivity contribution in [1.82, 2.24) is 15.3 Å². The smallest absolute Gasteiger partial charge is 0.332 e. The number of aromatic nitrogens is 2. The maximum Gasteiger partial charge on any atom is 0.332 e. The van der Waals surface area contributed by atoms with E-state index in [0.717, 1.165) is 54.9 Å². The average Bonchev–Trinajstić information content (AvgIpc) is 2.97. The second-order valence-corrected chi connectivity index (χ2v) is 11.6. The lowest BCUT2D eigenvalue weighted by atomic mass is 9.82. The zero-order valence-electron chi connectivity index (χ0n) is 23.4. The van der Waals surface area contributed by atoms with E-state index in [0.29, 0.717) is 56.2 Å². The van der Waals surface area contributed by atoms with Crippen LogP contribution in [-0.4, -0.2) is 65.6 Å². The van der Waals surface area contributed by atoms with Gasteiger partial charge in [-0.1, -0.05) is 17.7 Å². The quantitative estimate of drug-likeness (QED) is 0.319. The molecule has 1 saturated carbocycles. The van der Waals surface area contributed by atoms with Crippen molar-refractivity contribution in [3.8, 4) is 17.3 Å². The summed E-state index contributed by atoms with van der Waals surface area (Å²) < 4.78 is 10.9. The molecule has 2 aliphatic rings. The minimum Gasteiger partial charge on any atom is -0.479 e. The Bertz CT molecular complexity index is 1170. The van der Waals surface area contributed by atoms with Crippen LogP contribution in [0.2, 0.25) is 5.02 Å². The van der Waals surface area contributed by atoms with Crippen molar-refractivity contribution in [3.63, 3.8) is 0 Å². The van der Waals surface area contributed by atoms with Crippen LogP contribution in [0.25, 0.3) is 11.3 Å². The molecular formula is C30H40ClN5O4. The van der Waals surface area contributed by atoms with E-state index < -0.39 is 17.5 Å². The number of carbonyl (C=O) groups is 1. The second-order valence-electron chi connectivity index (χ2n) is 11.2. The van der Waals surface area contributed by atoms with E-state index in [9.17, 15) is 10.1 Å². The summed E-state index contributed by atoms with van der Waals surface area (Å²) in [7, 11) is 0. The number of anilines is 1. The van der Waals surface area contributed by atoms with Crippen molar-refractivity contribution in [2.75, 3.05) is 31.7 Å². The molecule has 2 fully saturated rings.